The molecule has 0 amide bonds. The fourth-order valence-corrected chi connectivity index (χ4v) is 3.32. The summed E-state index contributed by atoms with van der Waals surface area (Å²) in [6, 6.07) is 0. The molecule has 1 heterocycles. The zero-order valence-corrected chi connectivity index (χ0v) is 7.23. The van der Waals surface area contributed by atoms with E-state index in [0.29, 0.717) is 38.4 Å². The minimum absolute atomic E-state index is 0.0511. The molecule has 0 atom stereocenters. The van der Waals surface area contributed by atoms with Gasteiger partial charge in [0, 0.05) is 5.92 Å². The Balaban J connectivity index is 1.70. The number of hydrogen-bond acceptors (Lipinski definition) is 1. The van der Waals surface area contributed by atoms with Gasteiger partial charge >= 0.3 is 6.98 Å². The normalized spacial score (nSPS) is 49.2. The second-order valence-corrected chi connectivity index (χ2v) is 5.06. The Morgan fingerprint density at radius 2 is 1.62 bits per heavy atom. The van der Waals surface area contributed by atoms with Crippen molar-refractivity contribution < 1.29 is 17.7 Å². The second kappa shape index (κ2) is 1.92. The average molecular weight is 191 g/mol. The summed E-state index contributed by atoms with van der Waals surface area (Å²) in [4.78, 5) is 0. The van der Waals surface area contributed by atoms with E-state index in [2.05, 4.69) is 0 Å². The molecule has 0 unspecified atom stereocenters. The summed E-state index contributed by atoms with van der Waals surface area (Å²) >= 11 is 0. The zero-order valence-electron chi connectivity index (χ0n) is 7.23. The first-order chi connectivity index (χ1) is 5.98. The van der Waals surface area contributed by atoms with Crippen molar-refractivity contribution in [3.05, 3.63) is 0 Å². The van der Waals surface area contributed by atoms with E-state index in [1.54, 1.807) is 0 Å². The van der Waals surface area contributed by atoms with Crippen molar-refractivity contribution in [1.29, 1.82) is 0 Å². The number of ether oxygens (including phenoxy) is 1. The van der Waals surface area contributed by atoms with Gasteiger partial charge in [-0.1, -0.05) is 24.6 Å². The molecule has 74 valence electrons. The van der Waals surface area contributed by atoms with E-state index in [9.17, 15) is 12.9 Å². The Bertz CT molecular complexity index is 239. The summed E-state index contributed by atoms with van der Waals surface area (Å²) < 4.78 is 42.6. The van der Waals surface area contributed by atoms with Crippen molar-refractivity contribution in [1.82, 2.24) is 0 Å². The van der Waals surface area contributed by atoms with Gasteiger partial charge in [-0.15, -0.1) is 0 Å². The van der Waals surface area contributed by atoms with Gasteiger partial charge in [0.05, 0.1) is 13.2 Å². The molecule has 0 aromatic rings. The van der Waals surface area contributed by atoms with Gasteiger partial charge in [-0.05, 0) is 5.41 Å². The lowest BCUT2D eigenvalue weighted by molar-refractivity contribution is -0.224. The summed E-state index contributed by atoms with van der Waals surface area (Å²) in [5, 5.41) is -1.21. The van der Waals surface area contributed by atoms with E-state index >= 15 is 0 Å². The fraction of sp³-hybridized carbons (Fsp3) is 1.00. The van der Waals surface area contributed by atoms with Crippen molar-refractivity contribution in [2.24, 2.45) is 11.3 Å². The maximum Gasteiger partial charge on any atom is 0.484 e. The molecule has 13 heavy (non-hydrogen) atoms. The van der Waals surface area contributed by atoms with Gasteiger partial charge < -0.3 is 17.7 Å². The van der Waals surface area contributed by atoms with E-state index in [0.717, 1.165) is 0 Å². The van der Waals surface area contributed by atoms with Gasteiger partial charge in [-0.2, -0.15) is 0 Å². The van der Waals surface area contributed by atoms with Crippen LogP contribution in [0.2, 0.25) is 5.31 Å². The Kier molecular flexibility index (Phi) is 1.20. The molecule has 0 spiro atoms. The third-order valence-corrected chi connectivity index (χ3v) is 4.31. The Morgan fingerprint density at radius 1 is 1.08 bits per heavy atom. The minimum Gasteiger partial charge on any atom is -0.449 e. The standard InChI is InChI=1S/C8H11BF3O/c10-9(11,12)8-3-7(4-8,5-8)6-1-13-2-6/h6H,1-5H2/q-1. The van der Waals surface area contributed by atoms with Gasteiger partial charge in [-0.3, -0.25) is 0 Å². The van der Waals surface area contributed by atoms with E-state index in [-0.39, 0.29) is 5.41 Å². The summed E-state index contributed by atoms with van der Waals surface area (Å²) in [6.45, 7) is -3.20. The molecule has 1 nitrogen and oxygen atoms in total. The monoisotopic (exact) mass is 191 g/mol. The summed E-state index contributed by atoms with van der Waals surface area (Å²) in [7, 11) is 0. The molecule has 4 fully saturated rings. The maximum absolute atomic E-state index is 12.5. The van der Waals surface area contributed by atoms with Crippen LogP contribution in [-0.4, -0.2) is 20.2 Å². The third-order valence-electron chi connectivity index (χ3n) is 4.31. The van der Waals surface area contributed by atoms with Crippen molar-refractivity contribution >= 4 is 6.98 Å². The summed E-state index contributed by atoms with van der Waals surface area (Å²) in [5.41, 5.74) is 0.0511. The van der Waals surface area contributed by atoms with Gasteiger partial charge in [0.2, 0.25) is 0 Å². The maximum atomic E-state index is 12.5. The SMILES string of the molecule is F[B-](F)(F)C12CC(C3COC3)(C1)C2. The van der Waals surface area contributed by atoms with E-state index in [4.69, 9.17) is 4.74 Å². The van der Waals surface area contributed by atoms with Crippen LogP contribution in [0.1, 0.15) is 19.3 Å². The predicted molar refractivity (Wildman–Crippen MR) is 42.4 cm³/mol. The van der Waals surface area contributed by atoms with Crippen molar-refractivity contribution in [3.63, 3.8) is 0 Å². The molecule has 0 aromatic heterocycles. The Morgan fingerprint density at radius 3 is 1.92 bits per heavy atom. The van der Waals surface area contributed by atoms with Gasteiger partial charge in [0.1, 0.15) is 0 Å². The van der Waals surface area contributed by atoms with Crippen LogP contribution in [-0.2, 0) is 4.74 Å². The number of rotatable bonds is 2. The molecule has 1 saturated heterocycles. The molecule has 3 saturated carbocycles. The van der Waals surface area contributed by atoms with E-state index in [1.807, 2.05) is 0 Å². The first kappa shape index (κ1) is 8.15. The van der Waals surface area contributed by atoms with Crippen LogP contribution in [0.5, 0.6) is 0 Å². The van der Waals surface area contributed by atoms with Crippen LogP contribution in [0, 0.1) is 11.3 Å². The smallest absolute Gasteiger partial charge is 0.449 e. The quantitative estimate of drug-likeness (QED) is 0.609. The van der Waals surface area contributed by atoms with Gasteiger partial charge in [-0.25, -0.2) is 0 Å². The minimum atomic E-state index is -4.59. The van der Waals surface area contributed by atoms with E-state index in [1.165, 1.54) is 0 Å². The zero-order chi connectivity index (χ0) is 9.32. The highest BCUT2D eigenvalue weighted by Crippen LogP contribution is 2.85. The molecule has 2 bridgehead atoms. The Hall–Kier alpha value is -0.185. The highest BCUT2D eigenvalue weighted by molar-refractivity contribution is 6.63. The molecule has 0 radical (unpaired) electrons. The van der Waals surface area contributed by atoms with Gasteiger partial charge in [0.15, 0.2) is 0 Å². The highest BCUT2D eigenvalue weighted by atomic mass is 19.4. The molecular formula is C8H11BF3O-. The fourth-order valence-electron chi connectivity index (χ4n) is 3.32. The summed E-state index contributed by atoms with van der Waals surface area (Å²) in [6.07, 6.45) is 1.20. The lowest BCUT2D eigenvalue weighted by Crippen LogP contribution is -2.70. The van der Waals surface area contributed by atoms with Crippen LogP contribution in [0.3, 0.4) is 0 Å². The molecule has 3 aliphatic carbocycles. The first-order valence-electron chi connectivity index (χ1n) is 4.75. The van der Waals surface area contributed by atoms with Crippen LogP contribution in [0.4, 0.5) is 12.9 Å². The lowest BCUT2D eigenvalue weighted by atomic mass is 9.22. The Labute approximate surface area is 74.7 Å². The lowest BCUT2D eigenvalue weighted by Gasteiger charge is -2.78. The molecular weight excluding hydrogens is 180 g/mol. The highest BCUT2D eigenvalue weighted by Gasteiger charge is 2.76. The van der Waals surface area contributed by atoms with E-state index < -0.39 is 12.3 Å². The molecule has 1 aliphatic heterocycles. The topological polar surface area (TPSA) is 9.23 Å². The second-order valence-electron chi connectivity index (χ2n) is 5.06. The van der Waals surface area contributed by atoms with Crippen molar-refractivity contribution in [3.8, 4) is 0 Å². The molecule has 0 N–H and O–H groups in total. The number of hydrogen-bond donors (Lipinski definition) is 0. The van der Waals surface area contributed by atoms with Crippen molar-refractivity contribution in [2.45, 2.75) is 24.6 Å². The van der Waals surface area contributed by atoms with Gasteiger partial charge in [0.25, 0.3) is 0 Å². The molecule has 5 heteroatoms. The van der Waals surface area contributed by atoms with Crippen LogP contribution < -0.4 is 0 Å². The van der Waals surface area contributed by atoms with Crippen molar-refractivity contribution in [2.75, 3.05) is 13.2 Å². The third kappa shape index (κ3) is 0.755. The largest absolute Gasteiger partial charge is 0.484 e. The predicted octanol–water partition coefficient (Wildman–Crippen LogP) is 2.40. The summed E-state index contributed by atoms with van der Waals surface area (Å²) in [5.74, 6) is 0.438. The first-order valence-corrected chi connectivity index (χ1v) is 4.75. The average Bonchev–Trinajstić information content (AvgIpc) is 1.64. The van der Waals surface area contributed by atoms with Crippen LogP contribution in [0.25, 0.3) is 0 Å². The molecule has 4 aliphatic rings. The number of halogens is 3. The molecule has 0 aromatic carbocycles. The van der Waals surface area contributed by atoms with Crippen LogP contribution in [0.15, 0.2) is 0 Å². The van der Waals surface area contributed by atoms with Crippen LogP contribution >= 0.6 is 0 Å². The molecule has 4 rings (SSSR count).